The number of hydrogen-bond acceptors (Lipinski definition) is 4. The molecular formula is C24H28N4O3. The Kier molecular flexibility index (Phi) is 6.84. The highest BCUT2D eigenvalue weighted by molar-refractivity contribution is 5.91. The average Bonchev–Trinajstić information content (AvgIpc) is 2.77. The molecule has 1 amide bonds. The van der Waals surface area contributed by atoms with Crippen LogP contribution in [0.3, 0.4) is 0 Å². The minimum Gasteiger partial charge on any atom is -0.348 e. The van der Waals surface area contributed by atoms with E-state index in [4.69, 9.17) is 0 Å². The molecule has 1 heterocycles. The molecule has 1 atom stereocenters. The molecule has 31 heavy (non-hydrogen) atoms. The lowest BCUT2D eigenvalue weighted by molar-refractivity contribution is 0.0929. The summed E-state index contributed by atoms with van der Waals surface area (Å²) in [6.07, 6.45) is 0.709. The molecule has 1 N–H and O–H groups in total. The molecule has 1 aromatic heterocycles. The van der Waals surface area contributed by atoms with Gasteiger partial charge in [-0.05, 0) is 42.5 Å². The second-order valence-corrected chi connectivity index (χ2v) is 7.95. The smallest absolute Gasteiger partial charge is 0.348 e. The summed E-state index contributed by atoms with van der Waals surface area (Å²) in [6, 6.07) is 16.4. The normalized spacial score (nSPS) is 12.0. The molecule has 2 aromatic carbocycles. The van der Waals surface area contributed by atoms with E-state index in [-0.39, 0.29) is 18.3 Å². The van der Waals surface area contributed by atoms with Crippen molar-refractivity contribution >= 4 is 5.91 Å². The lowest BCUT2D eigenvalue weighted by Gasteiger charge is -2.15. The zero-order valence-electron chi connectivity index (χ0n) is 18.3. The molecular weight excluding hydrogens is 392 g/mol. The molecule has 0 saturated carbocycles. The van der Waals surface area contributed by atoms with Gasteiger partial charge in [-0.3, -0.25) is 14.2 Å². The van der Waals surface area contributed by atoms with Crippen molar-refractivity contribution in [3.05, 3.63) is 92.3 Å². The van der Waals surface area contributed by atoms with Crippen molar-refractivity contribution < 1.29 is 4.79 Å². The van der Waals surface area contributed by atoms with Crippen LogP contribution in [0.1, 0.15) is 61.6 Å². The van der Waals surface area contributed by atoms with Crippen LogP contribution in [0.2, 0.25) is 0 Å². The minimum atomic E-state index is -0.704. The lowest BCUT2D eigenvalue weighted by Crippen LogP contribution is -2.47. The highest BCUT2D eigenvalue weighted by atomic mass is 16.2. The first kappa shape index (κ1) is 22.2. The number of rotatable bonds is 7. The van der Waals surface area contributed by atoms with Crippen LogP contribution in [0.15, 0.2) is 64.2 Å². The van der Waals surface area contributed by atoms with Crippen LogP contribution in [0.4, 0.5) is 0 Å². The number of carbonyl (C=O) groups excluding carboxylic acids is 1. The summed E-state index contributed by atoms with van der Waals surface area (Å²) in [5.74, 6) is -0.253. The minimum absolute atomic E-state index is 0.0503. The molecule has 0 aliphatic rings. The number of benzene rings is 2. The Balaban J connectivity index is 2.16. The molecule has 7 heteroatoms. The van der Waals surface area contributed by atoms with Gasteiger partial charge in [0.15, 0.2) is 0 Å². The van der Waals surface area contributed by atoms with E-state index in [0.717, 1.165) is 20.4 Å². The molecule has 0 aliphatic carbocycles. The first-order chi connectivity index (χ1) is 14.8. The van der Waals surface area contributed by atoms with Gasteiger partial charge in [0.2, 0.25) is 5.69 Å². The second kappa shape index (κ2) is 9.55. The second-order valence-electron chi connectivity index (χ2n) is 7.95. The average molecular weight is 421 g/mol. The Morgan fingerprint density at radius 1 is 1.00 bits per heavy atom. The first-order valence-corrected chi connectivity index (χ1v) is 10.5. The van der Waals surface area contributed by atoms with Gasteiger partial charge in [-0.15, -0.1) is 0 Å². The third-order valence-corrected chi connectivity index (χ3v) is 5.25. The van der Waals surface area contributed by atoms with Crippen LogP contribution >= 0.6 is 0 Å². The zero-order chi connectivity index (χ0) is 22.5. The van der Waals surface area contributed by atoms with Crippen LogP contribution < -0.4 is 16.6 Å². The van der Waals surface area contributed by atoms with Crippen LogP contribution in [0, 0.1) is 0 Å². The molecule has 0 saturated heterocycles. The van der Waals surface area contributed by atoms with Crippen LogP contribution in [-0.4, -0.2) is 26.3 Å². The van der Waals surface area contributed by atoms with Gasteiger partial charge in [0.1, 0.15) is 0 Å². The molecule has 162 valence electrons. The van der Waals surface area contributed by atoms with Gasteiger partial charge in [-0.2, -0.15) is 9.78 Å². The highest BCUT2D eigenvalue weighted by Gasteiger charge is 2.21. The van der Waals surface area contributed by atoms with Crippen LogP contribution in [-0.2, 0) is 6.54 Å². The fourth-order valence-electron chi connectivity index (χ4n) is 3.13. The number of amides is 1. The number of hydrogen-bond donors (Lipinski definition) is 1. The van der Waals surface area contributed by atoms with Gasteiger partial charge in [0.05, 0.1) is 12.2 Å². The predicted molar refractivity (Wildman–Crippen MR) is 121 cm³/mol. The van der Waals surface area contributed by atoms with Crippen molar-refractivity contribution in [1.29, 1.82) is 0 Å². The van der Waals surface area contributed by atoms with E-state index < -0.39 is 17.2 Å². The Morgan fingerprint density at radius 2 is 1.65 bits per heavy atom. The summed E-state index contributed by atoms with van der Waals surface area (Å²) in [7, 11) is 0. The van der Waals surface area contributed by atoms with E-state index in [1.165, 1.54) is 0 Å². The Bertz CT molecular complexity index is 1160. The van der Waals surface area contributed by atoms with Crippen molar-refractivity contribution in [2.24, 2.45) is 0 Å². The van der Waals surface area contributed by atoms with E-state index in [9.17, 15) is 14.4 Å². The molecule has 0 unspecified atom stereocenters. The van der Waals surface area contributed by atoms with E-state index in [2.05, 4.69) is 24.3 Å². The van der Waals surface area contributed by atoms with Crippen LogP contribution in [0.5, 0.6) is 0 Å². The Labute approximate surface area is 181 Å². The van der Waals surface area contributed by atoms with Crippen molar-refractivity contribution in [1.82, 2.24) is 19.7 Å². The molecule has 3 rings (SSSR count). The monoisotopic (exact) mass is 420 g/mol. The maximum Gasteiger partial charge on any atom is 0.352 e. The van der Waals surface area contributed by atoms with E-state index in [1.54, 1.807) is 12.1 Å². The summed E-state index contributed by atoms with van der Waals surface area (Å²) in [5.41, 5.74) is 0.792. The maximum atomic E-state index is 13.2. The van der Waals surface area contributed by atoms with E-state index in [1.807, 2.05) is 56.3 Å². The third-order valence-electron chi connectivity index (χ3n) is 5.25. The highest BCUT2D eigenvalue weighted by Crippen LogP contribution is 2.15. The van der Waals surface area contributed by atoms with Crippen molar-refractivity contribution in [2.75, 3.05) is 0 Å². The Morgan fingerprint density at radius 3 is 2.23 bits per heavy atom. The van der Waals surface area contributed by atoms with Crippen molar-refractivity contribution in [2.45, 2.75) is 52.6 Å². The topological polar surface area (TPSA) is 86.0 Å². The summed E-state index contributed by atoms with van der Waals surface area (Å²) >= 11 is 0. The zero-order valence-corrected chi connectivity index (χ0v) is 18.3. The summed E-state index contributed by atoms with van der Waals surface area (Å²) in [5, 5.41) is 6.93. The maximum absolute atomic E-state index is 13.2. The van der Waals surface area contributed by atoms with E-state index >= 15 is 0 Å². The van der Waals surface area contributed by atoms with Gasteiger partial charge in [0.25, 0.3) is 11.5 Å². The van der Waals surface area contributed by atoms with Gasteiger partial charge >= 0.3 is 5.69 Å². The predicted octanol–water partition coefficient (Wildman–Crippen LogP) is 3.09. The molecule has 0 fully saturated rings. The molecule has 7 nitrogen and oxygen atoms in total. The fourth-order valence-corrected chi connectivity index (χ4v) is 3.13. The summed E-state index contributed by atoms with van der Waals surface area (Å²) in [4.78, 5) is 39.0. The van der Waals surface area contributed by atoms with Gasteiger partial charge in [-0.25, -0.2) is 4.79 Å². The fraction of sp³-hybridized carbons (Fsp3) is 0.333. The molecule has 0 aliphatic heterocycles. The summed E-state index contributed by atoms with van der Waals surface area (Å²) in [6.45, 7) is 7.99. The van der Waals surface area contributed by atoms with Gasteiger partial charge < -0.3 is 5.32 Å². The van der Waals surface area contributed by atoms with Gasteiger partial charge in [0, 0.05) is 6.04 Å². The number of nitrogens with one attached hydrogen (secondary N) is 1. The van der Waals surface area contributed by atoms with Crippen LogP contribution in [0.25, 0.3) is 5.69 Å². The summed E-state index contributed by atoms with van der Waals surface area (Å²) < 4.78 is 2.18. The quantitative estimate of drug-likeness (QED) is 0.636. The van der Waals surface area contributed by atoms with Crippen molar-refractivity contribution in [3.8, 4) is 5.69 Å². The number of aromatic nitrogens is 3. The number of nitrogens with zero attached hydrogens (tertiary/aromatic N) is 3. The SMILES string of the molecule is CC[C@H](C)NC(=O)c1nn(-c2ccc(C(C)C)cc2)c(=O)n(Cc2ccccc2)c1=O. The molecule has 0 spiro atoms. The Hall–Kier alpha value is -3.48. The van der Waals surface area contributed by atoms with Crippen molar-refractivity contribution in [3.63, 3.8) is 0 Å². The molecule has 0 radical (unpaired) electrons. The first-order valence-electron chi connectivity index (χ1n) is 10.5. The lowest BCUT2D eigenvalue weighted by atomic mass is 10.0. The largest absolute Gasteiger partial charge is 0.352 e. The standard InChI is InChI=1S/C24H28N4O3/c1-5-17(4)25-22(29)21-23(30)27(15-18-9-7-6-8-10-18)24(31)28(26-21)20-13-11-19(12-14-20)16(2)3/h6-14,16-17H,5,15H2,1-4H3,(H,25,29)/t17-/m0/s1. The third kappa shape index (κ3) is 4.99. The number of carbonyl (C=O) groups is 1. The van der Waals surface area contributed by atoms with E-state index in [0.29, 0.717) is 18.0 Å². The molecule has 0 bridgehead atoms. The molecule has 3 aromatic rings. The van der Waals surface area contributed by atoms with Gasteiger partial charge in [-0.1, -0.05) is 63.2 Å².